The van der Waals surface area contributed by atoms with Gasteiger partial charge in [0.1, 0.15) is 5.54 Å². The summed E-state index contributed by atoms with van der Waals surface area (Å²) in [6.45, 7) is 5.91. The van der Waals surface area contributed by atoms with Crippen molar-refractivity contribution in [2.45, 2.75) is 37.2 Å². The number of rotatable bonds is 6. The van der Waals surface area contributed by atoms with E-state index in [2.05, 4.69) is 21.2 Å². The van der Waals surface area contributed by atoms with Crippen LogP contribution in [-0.2, 0) is 9.53 Å². The SMILES string of the molecule is COC(=O)C(C)(CSc1ccccc1Br)NC(C)C. The maximum atomic E-state index is 12.0. The van der Waals surface area contributed by atoms with Crippen LogP contribution in [0.2, 0.25) is 0 Å². The minimum atomic E-state index is -0.692. The van der Waals surface area contributed by atoms with E-state index < -0.39 is 5.54 Å². The molecule has 0 aliphatic carbocycles. The first kappa shape index (κ1) is 16.5. The van der Waals surface area contributed by atoms with Gasteiger partial charge in [-0.2, -0.15) is 0 Å². The summed E-state index contributed by atoms with van der Waals surface area (Å²) in [5.74, 6) is 0.376. The lowest BCUT2D eigenvalue weighted by Gasteiger charge is -2.30. The van der Waals surface area contributed by atoms with Crippen LogP contribution >= 0.6 is 27.7 Å². The number of hydrogen-bond acceptors (Lipinski definition) is 4. The molecule has 1 unspecified atom stereocenters. The Hall–Kier alpha value is -0.520. The number of thioether (sulfide) groups is 1. The molecule has 0 amide bonds. The second-order valence-corrected chi connectivity index (χ2v) is 6.71. The van der Waals surface area contributed by atoms with Crippen molar-refractivity contribution in [2.75, 3.05) is 12.9 Å². The standard InChI is InChI=1S/C14H20BrNO2S/c1-10(2)16-14(3,13(17)18-4)9-19-12-8-6-5-7-11(12)15/h5-8,10,16H,9H2,1-4H3. The quantitative estimate of drug-likeness (QED) is 0.632. The Bertz CT molecular complexity index is 439. The van der Waals surface area contributed by atoms with E-state index >= 15 is 0 Å². The molecule has 0 saturated carbocycles. The highest BCUT2D eigenvalue weighted by molar-refractivity contribution is 9.10. The van der Waals surface area contributed by atoms with Gasteiger partial charge in [0, 0.05) is 21.2 Å². The average Bonchev–Trinajstić information content (AvgIpc) is 2.36. The van der Waals surface area contributed by atoms with Gasteiger partial charge in [-0.15, -0.1) is 11.8 Å². The van der Waals surface area contributed by atoms with Crippen LogP contribution in [0.4, 0.5) is 0 Å². The molecule has 0 aliphatic rings. The van der Waals surface area contributed by atoms with Crippen molar-refractivity contribution in [2.24, 2.45) is 0 Å². The van der Waals surface area contributed by atoms with Crippen LogP contribution in [0.1, 0.15) is 20.8 Å². The molecular formula is C14H20BrNO2S. The third-order valence-electron chi connectivity index (χ3n) is 2.60. The van der Waals surface area contributed by atoms with Crippen LogP contribution in [0.5, 0.6) is 0 Å². The Morgan fingerprint density at radius 3 is 2.63 bits per heavy atom. The molecule has 106 valence electrons. The monoisotopic (exact) mass is 345 g/mol. The van der Waals surface area contributed by atoms with Gasteiger partial charge < -0.3 is 4.74 Å². The Balaban J connectivity index is 2.79. The van der Waals surface area contributed by atoms with Crippen LogP contribution in [0, 0.1) is 0 Å². The van der Waals surface area contributed by atoms with Crippen LogP contribution in [0.25, 0.3) is 0 Å². The number of carbonyl (C=O) groups excluding carboxylic acids is 1. The highest BCUT2D eigenvalue weighted by Crippen LogP contribution is 2.30. The van der Waals surface area contributed by atoms with E-state index in [0.717, 1.165) is 9.37 Å². The Kier molecular flexibility index (Phi) is 6.36. The minimum Gasteiger partial charge on any atom is -0.468 e. The zero-order chi connectivity index (χ0) is 14.5. The number of methoxy groups -OCH3 is 1. The Morgan fingerprint density at radius 1 is 1.47 bits per heavy atom. The molecule has 1 aromatic rings. The molecule has 1 aromatic carbocycles. The van der Waals surface area contributed by atoms with Gasteiger partial charge in [-0.05, 0) is 48.8 Å². The fourth-order valence-electron chi connectivity index (χ4n) is 1.81. The van der Waals surface area contributed by atoms with Crippen LogP contribution in [0.15, 0.2) is 33.6 Å². The van der Waals surface area contributed by atoms with Crippen molar-refractivity contribution in [3.8, 4) is 0 Å². The number of hydrogen-bond donors (Lipinski definition) is 1. The van der Waals surface area contributed by atoms with Crippen molar-refractivity contribution in [1.29, 1.82) is 0 Å². The van der Waals surface area contributed by atoms with Gasteiger partial charge in [0.25, 0.3) is 0 Å². The predicted octanol–water partition coefficient (Wildman–Crippen LogP) is 3.47. The Morgan fingerprint density at radius 2 is 2.11 bits per heavy atom. The number of ether oxygens (including phenoxy) is 1. The molecule has 3 nitrogen and oxygen atoms in total. The van der Waals surface area contributed by atoms with Crippen molar-refractivity contribution in [1.82, 2.24) is 5.32 Å². The summed E-state index contributed by atoms with van der Waals surface area (Å²) in [4.78, 5) is 13.1. The first-order chi connectivity index (χ1) is 8.89. The highest BCUT2D eigenvalue weighted by atomic mass is 79.9. The smallest absolute Gasteiger partial charge is 0.326 e. The van der Waals surface area contributed by atoms with E-state index in [1.807, 2.05) is 45.0 Å². The lowest BCUT2D eigenvalue weighted by atomic mass is 10.0. The molecule has 1 atom stereocenters. The minimum absolute atomic E-state index is 0.212. The molecule has 5 heteroatoms. The molecular weight excluding hydrogens is 326 g/mol. The van der Waals surface area contributed by atoms with Gasteiger partial charge >= 0.3 is 5.97 Å². The summed E-state index contributed by atoms with van der Waals surface area (Å²) in [5.41, 5.74) is -0.692. The second-order valence-electron chi connectivity index (χ2n) is 4.84. The zero-order valence-corrected chi connectivity index (χ0v) is 14.1. The predicted molar refractivity (Wildman–Crippen MR) is 83.6 cm³/mol. The summed E-state index contributed by atoms with van der Waals surface area (Å²) in [6, 6.07) is 8.19. The van der Waals surface area contributed by atoms with Crippen LogP contribution in [-0.4, -0.2) is 30.4 Å². The summed E-state index contributed by atoms with van der Waals surface area (Å²) in [7, 11) is 1.42. The van der Waals surface area contributed by atoms with Gasteiger partial charge in [-0.1, -0.05) is 12.1 Å². The van der Waals surface area contributed by atoms with E-state index in [0.29, 0.717) is 5.75 Å². The van der Waals surface area contributed by atoms with E-state index in [-0.39, 0.29) is 12.0 Å². The highest BCUT2D eigenvalue weighted by Gasteiger charge is 2.35. The molecule has 0 saturated heterocycles. The first-order valence-electron chi connectivity index (χ1n) is 6.12. The van der Waals surface area contributed by atoms with Gasteiger partial charge in [0.15, 0.2) is 0 Å². The first-order valence-corrected chi connectivity index (χ1v) is 7.90. The van der Waals surface area contributed by atoms with E-state index in [1.165, 1.54) is 7.11 Å². The van der Waals surface area contributed by atoms with E-state index in [1.54, 1.807) is 11.8 Å². The lowest BCUT2D eigenvalue weighted by molar-refractivity contribution is -0.147. The molecule has 19 heavy (non-hydrogen) atoms. The van der Waals surface area contributed by atoms with Crippen molar-refractivity contribution < 1.29 is 9.53 Å². The third-order valence-corrected chi connectivity index (χ3v) is 4.94. The molecule has 1 N–H and O–H groups in total. The second kappa shape index (κ2) is 7.31. The molecule has 0 radical (unpaired) electrons. The molecule has 0 bridgehead atoms. The summed E-state index contributed by atoms with van der Waals surface area (Å²) < 4.78 is 5.95. The fraction of sp³-hybridized carbons (Fsp3) is 0.500. The molecule has 0 spiro atoms. The van der Waals surface area contributed by atoms with Crippen molar-refractivity contribution in [3.05, 3.63) is 28.7 Å². The number of benzene rings is 1. The Labute approximate surface area is 127 Å². The summed E-state index contributed by atoms with van der Waals surface area (Å²) in [6.07, 6.45) is 0. The van der Waals surface area contributed by atoms with Gasteiger partial charge in [0.05, 0.1) is 7.11 Å². The van der Waals surface area contributed by atoms with Crippen LogP contribution < -0.4 is 5.32 Å². The maximum Gasteiger partial charge on any atom is 0.326 e. The normalized spacial score (nSPS) is 14.2. The van der Waals surface area contributed by atoms with Crippen molar-refractivity contribution in [3.63, 3.8) is 0 Å². The molecule has 0 aliphatic heterocycles. The number of nitrogens with one attached hydrogen (secondary N) is 1. The average molecular weight is 346 g/mol. The number of esters is 1. The molecule has 0 heterocycles. The topological polar surface area (TPSA) is 38.3 Å². The van der Waals surface area contributed by atoms with E-state index in [4.69, 9.17) is 4.74 Å². The zero-order valence-electron chi connectivity index (χ0n) is 11.7. The summed E-state index contributed by atoms with van der Waals surface area (Å²) >= 11 is 5.14. The number of carbonyl (C=O) groups is 1. The third kappa shape index (κ3) is 4.82. The largest absolute Gasteiger partial charge is 0.468 e. The molecule has 0 fully saturated rings. The van der Waals surface area contributed by atoms with Gasteiger partial charge in [0.2, 0.25) is 0 Å². The maximum absolute atomic E-state index is 12.0. The van der Waals surface area contributed by atoms with Crippen LogP contribution in [0.3, 0.4) is 0 Å². The lowest BCUT2D eigenvalue weighted by Crippen LogP contribution is -2.54. The van der Waals surface area contributed by atoms with E-state index in [9.17, 15) is 4.79 Å². The van der Waals surface area contributed by atoms with Gasteiger partial charge in [-0.3, -0.25) is 10.1 Å². The fourth-order valence-corrected chi connectivity index (χ4v) is 3.46. The molecule has 0 aromatic heterocycles. The van der Waals surface area contributed by atoms with Gasteiger partial charge in [-0.25, -0.2) is 0 Å². The van der Waals surface area contributed by atoms with Crippen molar-refractivity contribution >= 4 is 33.7 Å². The summed E-state index contributed by atoms with van der Waals surface area (Å²) in [5, 5.41) is 3.29. The molecule has 1 rings (SSSR count). The number of halogens is 1.